The zero-order valence-corrected chi connectivity index (χ0v) is 13.7. The number of aryl methyl sites for hydroxylation is 1. The highest BCUT2D eigenvalue weighted by molar-refractivity contribution is 6.05. The Kier molecular flexibility index (Phi) is 5.13. The van der Waals surface area contributed by atoms with Crippen molar-refractivity contribution >= 4 is 17.6 Å². The van der Waals surface area contributed by atoms with Gasteiger partial charge in [-0.15, -0.1) is 0 Å². The fourth-order valence-electron chi connectivity index (χ4n) is 2.26. The molecule has 2 rings (SSSR count). The monoisotopic (exact) mass is 329 g/mol. The van der Waals surface area contributed by atoms with E-state index in [1.54, 1.807) is 45.0 Å². The van der Waals surface area contributed by atoms with Crippen LogP contribution in [0.2, 0.25) is 0 Å². The van der Waals surface area contributed by atoms with Gasteiger partial charge in [0, 0.05) is 5.69 Å². The van der Waals surface area contributed by atoms with Crippen LogP contribution in [-0.4, -0.2) is 27.2 Å². The molecular formula is C17H19N3O4. The van der Waals surface area contributed by atoms with Crippen LogP contribution in [0.5, 0.6) is 0 Å². The average Bonchev–Trinajstić information content (AvgIpc) is 2.53. The van der Waals surface area contributed by atoms with Crippen LogP contribution in [0.3, 0.4) is 0 Å². The third kappa shape index (κ3) is 3.87. The van der Waals surface area contributed by atoms with Crippen molar-refractivity contribution in [2.24, 2.45) is 5.92 Å². The first-order valence-electron chi connectivity index (χ1n) is 7.48. The highest BCUT2D eigenvalue weighted by Gasteiger charge is 2.16. The maximum absolute atomic E-state index is 12.3. The van der Waals surface area contributed by atoms with E-state index >= 15 is 0 Å². The number of carbonyl (C=O) groups excluding carboxylic acids is 1. The lowest BCUT2D eigenvalue weighted by Crippen LogP contribution is -2.26. The number of H-pyrrole nitrogens is 1. The molecule has 126 valence electrons. The third-order valence-electron chi connectivity index (χ3n) is 3.87. The van der Waals surface area contributed by atoms with Crippen molar-refractivity contribution in [3.63, 3.8) is 0 Å². The van der Waals surface area contributed by atoms with Crippen LogP contribution in [0.4, 0.5) is 5.69 Å². The molecule has 24 heavy (non-hydrogen) atoms. The molecular weight excluding hydrogens is 310 g/mol. The number of hydrogen-bond acceptors (Lipinski definition) is 4. The molecule has 0 bridgehead atoms. The summed E-state index contributed by atoms with van der Waals surface area (Å²) in [5, 5.41) is 17.7. The molecule has 0 saturated carbocycles. The molecule has 0 saturated heterocycles. The first-order valence-corrected chi connectivity index (χ1v) is 7.48. The minimum Gasteiger partial charge on any atom is -0.481 e. The van der Waals surface area contributed by atoms with Gasteiger partial charge in [-0.3, -0.25) is 14.4 Å². The lowest BCUT2D eigenvalue weighted by atomic mass is 10.0. The van der Waals surface area contributed by atoms with E-state index in [0.29, 0.717) is 23.4 Å². The molecule has 0 aliphatic heterocycles. The number of nitrogens with zero attached hydrogens (tertiary/aromatic N) is 1. The molecule has 1 amide bonds. The second-order valence-corrected chi connectivity index (χ2v) is 5.73. The van der Waals surface area contributed by atoms with Crippen molar-refractivity contribution < 1.29 is 14.7 Å². The zero-order valence-electron chi connectivity index (χ0n) is 13.7. The normalized spacial score (nSPS) is 11.8. The highest BCUT2D eigenvalue weighted by Crippen LogP contribution is 2.15. The number of carboxylic acid groups (broad SMARTS) is 1. The largest absolute Gasteiger partial charge is 0.481 e. The number of aliphatic carboxylic acids is 1. The van der Waals surface area contributed by atoms with Crippen molar-refractivity contribution in [3.8, 4) is 0 Å². The Morgan fingerprint density at radius 2 is 1.88 bits per heavy atom. The van der Waals surface area contributed by atoms with Gasteiger partial charge in [0.2, 0.25) is 0 Å². The molecule has 0 radical (unpaired) electrons. The van der Waals surface area contributed by atoms with Crippen molar-refractivity contribution in [1.82, 2.24) is 10.2 Å². The van der Waals surface area contributed by atoms with Crippen LogP contribution in [0.25, 0.3) is 0 Å². The number of hydrogen-bond donors (Lipinski definition) is 3. The molecule has 7 nitrogen and oxygen atoms in total. The fourth-order valence-corrected chi connectivity index (χ4v) is 2.26. The summed E-state index contributed by atoms with van der Waals surface area (Å²) in [7, 11) is 0. The van der Waals surface area contributed by atoms with Crippen LogP contribution in [-0.2, 0) is 11.2 Å². The summed E-state index contributed by atoms with van der Waals surface area (Å²) in [5.41, 5.74) is 1.99. The molecule has 2 aromatic rings. The Bertz CT molecular complexity index is 825. The lowest BCUT2D eigenvalue weighted by Gasteiger charge is -2.10. The van der Waals surface area contributed by atoms with Gasteiger partial charge in [0.25, 0.3) is 11.5 Å². The smallest absolute Gasteiger partial charge is 0.306 e. The van der Waals surface area contributed by atoms with Gasteiger partial charge in [0.15, 0.2) is 0 Å². The number of amides is 1. The Morgan fingerprint density at radius 1 is 1.25 bits per heavy atom. The van der Waals surface area contributed by atoms with E-state index in [0.717, 1.165) is 5.56 Å². The molecule has 0 fully saturated rings. The zero-order chi connectivity index (χ0) is 17.9. The Hall–Kier alpha value is -2.96. The van der Waals surface area contributed by atoms with Crippen molar-refractivity contribution in [2.75, 3.05) is 5.32 Å². The maximum Gasteiger partial charge on any atom is 0.306 e. The SMILES string of the molecule is Cc1n[nH]c(=O)c(C(=O)Nc2ccc(CC(C)C(=O)O)cc2)c1C. The topological polar surface area (TPSA) is 112 Å². The van der Waals surface area contributed by atoms with Gasteiger partial charge >= 0.3 is 5.97 Å². The summed E-state index contributed by atoms with van der Waals surface area (Å²) >= 11 is 0. The summed E-state index contributed by atoms with van der Waals surface area (Å²) in [6, 6.07) is 6.87. The van der Waals surface area contributed by atoms with E-state index in [4.69, 9.17) is 5.11 Å². The molecule has 0 aliphatic rings. The fraction of sp³-hybridized carbons (Fsp3) is 0.294. The Labute approximate surface area is 138 Å². The first-order chi connectivity index (χ1) is 11.3. The van der Waals surface area contributed by atoms with E-state index in [1.807, 2.05) is 0 Å². The molecule has 3 N–H and O–H groups in total. The van der Waals surface area contributed by atoms with Gasteiger partial charge in [-0.25, -0.2) is 5.10 Å². The minimum absolute atomic E-state index is 0.0334. The van der Waals surface area contributed by atoms with E-state index in [2.05, 4.69) is 15.5 Å². The van der Waals surface area contributed by atoms with Crippen molar-refractivity contribution in [3.05, 3.63) is 57.0 Å². The van der Waals surface area contributed by atoms with E-state index in [-0.39, 0.29) is 5.56 Å². The van der Waals surface area contributed by atoms with Crippen LogP contribution < -0.4 is 10.9 Å². The molecule has 1 atom stereocenters. The minimum atomic E-state index is -0.852. The molecule has 1 aromatic heterocycles. The number of aromatic nitrogens is 2. The number of aromatic amines is 1. The van der Waals surface area contributed by atoms with E-state index in [1.165, 1.54) is 0 Å². The predicted octanol–water partition coefficient (Wildman–Crippen LogP) is 1.90. The van der Waals surface area contributed by atoms with Crippen LogP contribution in [0.1, 0.15) is 34.1 Å². The quantitative estimate of drug-likeness (QED) is 0.775. The number of carbonyl (C=O) groups is 2. The molecule has 1 heterocycles. The summed E-state index contributed by atoms with van der Waals surface area (Å²) in [4.78, 5) is 35.0. The molecule has 7 heteroatoms. The van der Waals surface area contributed by atoms with Gasteiger partial charge in [-0.05, 0) is 43.5 Å². The predicted molar refractivity (Wildman–Crippen MR) is 89.2 cm³/mol. The van der Waals surface area contributed by atoms with Crippen LogP contribution in [0.15, 0.2) is 29.1 Å². The third-order valence-corrected chi connectivity index (χ3v) is 3.87. The summed E-state index contributed by atoms with van der Waals surface area (Å²) in [6.07, 6.45) is 0.409. The Balaban J connectivity index is 2.15. The van der Waals surface area contributed by atoms with Crippen molar-refractivity contribution in [2.45, 2.75) is 27.2 Å². The number of carboxylic acids is 1. The summed E-state index contributed by atoms with van der Waals surface area (Å²) in [6.45, 7) is 5.02. The van der Waals surface area contributed by atoms with E-state index < -0.39 is 23.4 Å². The average molecular weight is 329 g/mol. The van der Waals surface area contributed by atoms with Crippen molar-refractivity contribution in [1.29, 1.82) is 0 Å². The summed E-state index contributed by atoms with van der Waals surface area (Å²) in [5.74, 6) is -1.84. The van der Waals surface area contributed by atoms with Gasteiger partial charge < -0.3 is 10.4 Å². The molecule has 1 aromatic carbocycles. The van der Waals surface area contributed by atoms with Gasteiger partial charge in [-0.2, -0.15) is 5.10 Å². The van der Waals surface area contributed by atoms with Crippen LogP contribution in [0, 0.1) is 19.8 Å². The second kappa shape index (κ2) is 7.08. The lowest BCUT2D eigenvalue weighted by molar-refractivity contribution is -0.141. The first kappa shape index (κ1) is 17.4. The number of rotatable bonds is 5. The highest BCUT2D eigenvalue weighted by atomic mass is 16.4. The maximum atomic E-state index is 12.3. The molecule has 1 unspecified atom stereocenters. The van der Waals surface area contributed by atoms with E-state index in [9.17, 15) is 14.4 Å². The van der Waals surface area contributed by atoms with Crippen LogP contribution >= 0.6 is 0 Å². The summed E-state index contributed by atoms with van der Waals surface area (Å²) < 4.78 is 0. The number of nitrogens with one attached hydrogen (secondary N) is 2. The second-order valence-electron chi connectivity index (χ2n) is 5.73. The standard InChI is InChI=1S/C17H19N3O4/c1-9(17(23)24)8-12-4-6-13(7-5-12)18-15(21)14-10(2)11(3)19-20-16(14)22/h4-7,9H,8H2,1-3H3,(H,18,21)(H,20,22)(H,23,24). The molecule has 0 spiro atoms. The van der Waals surface area contributed by atoms with Gasteiger partial charge in [0.1, 0.15) is 5.56 Å². The molecule has 0 aliphatic carbocycles. The number of anilines is 1. The Morgan fingerprint density at radius 3 is 2.46 bits per heavy atom. The van der Waals surface area contributed by atoms with Gasteiger partial charge in [0.05, 0.1) is 11.6 Å². The number of benzene rings is 1. The van der Waals surface area contributed by atoms with Gasteiger partial charge in [-0.1, -0.05) is 19.1 Å².